The molecule has 0 N–H and O–H groups in total. The Morgan fingerprint density at radius 2 is 1.32 bits per heavy atom. The Morgan fingerprint density at radius 3 is 1.88 bits per heavy atom. The number of aryl methyl sites for hydroxylation is 1. The Balaban J connectivity index is 0.000000545. The number of amides is 2. The molecule has 13 heteroatoms. The van der Waals surface area contributed by atoms with Crippen LogP contribution in [0, 0.1) is 24.2 Å². The molecule has 68 heavy (non-hydrogen) atoms. The number of anilines is 2. The van der Waals surface area contributed by atoms with Gasteiger partial charge in [0.25, 0.3) is 0 Å². The van der Waals surface area contributed by atoms with Gasteiger partial charge in [-0.15, -0.1) is 0 Å². The number of carbonyl (C=O) groups excluding carboxylic acids is 4. The van der Waals surface area contributed by atoms with Gasteiger partial charge in [0.1, 0.15) is 23.5 Å². The number of likely N-dealkylation sites (tertiary alicyclic amines) is 1. The van der Waals surface area contributed by atoms with Crippen molar-refractivity contribution in [3.05, 3.63) is 102 Å². The molecule has 8 rings (SSSR count). The molecule has 0 bridgehead atoms. The first-order chi connectivity index (χ1) is 32.9. The van der Waals surface area contributed by atoms with Crippen LogP contribution in [0.25, 0.3) is 27.8 Å². The third-order valence-corrected chi connectivity index (χ3v) is 13.2. The van der Waals surface area contributed by atoms with Crippen LogP contribution in [0.2, 0.25) is 0 Å². The summed E-state index contributed by atoms with van der Waals surface area (Å²) in [6.45, 7) is 25.1. The molecule has 2 aromatic carbocycles. The molecule has 0 radical (unpaired) electrons. The van der Waals surface area contributed by atoms with E-state index in [0.29, 0.717) is 44.0 Å². The standard InChI is InChI=1S/C43H47N9O2.C8H14O2.2C2H6/c1-31-3-5-33(6-4-31)35-13-15-47(16-14-35)30-42(54)51-23-19-49(20-24-51)39-10-7-34(8-11-39)37-25-40(43-38(26-44)28-46-52(43)29-37)36-9-12-41(45-27-36)50-21-17-48(18-22-50)32(2)53;1-6(8(3)10)4-5-7(2)9;2*1-2/h3-12,25,27-29,35H,13-24,30H2,1-2H3;6H,4-5H2,1-3H3;2*1-2H3. The number of piperidine rings is 1. The van der Waals surface area contributed by atoms with Gasteiger partial charge >= 0.3 is 0 Å². The Bertz CT molecular complexity index is 2450. The van der Waals surface area contributed by atoms with E-state index in [0.717, 1.165) is 104 Å². The lowest BCUT2D eigenvalue weighted by Gasteiger charge is -2.38. The largest absolute Gasteiger partial charge is 0.368 e. The van der Waals surface area contributed by atoms with E-state index in [9.17, 15) is 24.4 Å². The zero-order valence-corrected chi connectivity index (χ0v) is 42.0. The Hall–Kier alpha value is -6.39. The highest BCUT2D eigenvalue weighted by Crippen LogP contribution is 2.34. The number of Topliss-reactive ketones (excluding diaryl/α,β-unsaturated/α-hetero) is 2. The van der Waals surface area contributed by atoms with E-state index in [-0.39, 0.29) is 29.3 Å². The van der Waals surface area contributed by atoms with Gasteiger partial charge in [-0.3, -0.25) is 19.3 Å². The second kappa shape index (κ2) is 25.7. The van der Waals surface area contributed by atoms with Crippen LogP contribution >= 0.6 is 0 Å². The van der Waals surface area contributed by atoms with Crippen LogP contribution in [-0.4, -0.2) is 125 Å². The van der Waals surface area contributed by atoms with Crippen LogP contribution in [-0.2, 0) is 19.2 Å². The molecule has 5 aromatic rings. The molecule has 3 aliphatic rings. The first-order valence-corrected chi connectivity index (χ1v) is 24.7. The lowest BCUT2D eigenvalue weighted by molar-refractivity contribution is -0.133. The maximum atomic E-state index is 13.3. The predicted molar refractivity (Wildman–Crippen MR) is 274 cm³/mol. The molecule has 0 spiro atoms. The van der Waals surface area contributed by atoms with Crippen LogP contribution in [0.15, 0.2) is 85.3 Å². The number of piperazine rings is 2. The maximum absolute atomic E-state index is 13.3. The SMILES string of the molecule is CC.CC.CC(=O)CCC(C)C(C)=O.CC(=O)N1CCN(c2ccc(-c3cc(-c4ccc(N5CCN(C(=O)CN6CCC(c7ccc(C)cc7)CC6)CC5)cc4)cn4ncc(C#N)c34)cn2)CC1. The molecular formula is C55H73N9O4. The van der Waals surface area contributed by atoms with E-state index in [2.05, 4.69) is 93.5 Å². The number of ketones is 2. The Morgan fingerprint density at radius 1 is 0.721 bits per heavy atom. The monoisotopic (exact) mass is 924 g/mol. The minimum absolute atomic E-state index is 0.0453. The Kier molecular flexibility index (Phi) is 19.8. The molecule has 362 valence electrons. The van der Waals surface area contributed by atoms with Crippen LogP contribution in [0.5, 0.6) is 0 Å². The highest BCUT2D eigenvalue weighted by atomic mass is 16.2. The smallest absolute Gasteiger partial charge is 0.236 e. The van der Waals surface area contributed by atoms with Crippen molar-refractivity contribution in [3.63, 3.8) is 0 Å². The highest BCUT2D eigenvalue weighted by molar-refractivity contribution is 5.88. The number of hydrogen-bond donors (Lipinski definition) is 0. The number of nitrogens with zero attached hydrogens (tertiary/aromatic N) is 9. The molecule has 3 aliphatic heterocycles. The Labute approximate surface area is 404 Å². The van der Waals surface area contributed by atoms with Crippen LogP contribution in [0.3, 0.4) is 0 Å². The summed E-state index contributed by atoms with van der Waals surface area (Å²) in [6, 6.07) is 26.0. The summed E-state index contributed by atoms with van der Waals surface area (Å²) < 4.78 is 1.79. The van der Waals surface area contributed by atoms with Gasteiger partial charge in [0.15, 0.2) is 0 Å². The van der Waals surface area contributed by atoms with Crippen LogP contribution < -0.4 is 9.80 Å². The van der Waals surface area contributed by atoms with Crippen molar-refractivity contribution in [2.24, 2.45) is 5.92 Å². The van der Waals surface area contributed by atoms with E-state index < -0.39 is 0 Å². The fraction of sp³-hybridized carbons (Fsp3) is 0.473. The fourth-order valence-electron chi connectivity index (χ4n) is 8.82. The average Bonchev–Trinajstić information content (AvgIpc) is 3.81. The van der Waals surface area contributed by atoms with Crippen molar-refractivity contribution >= 4 is 40.4 Å². The highest BCUT2D eigenvalue weighted by Gasteiger charge is 2.27. The van der Waals surface area contributed by atoms with E-state index in [1.165, 1.54) is 11.1 Å². The summed E-state index contributed by atoms with van der Waals surface area (Å²) in [7, 11) is 0. The molecule has 0 saturated carbocycles. The number of benzene rings is 2. The minimum Gasteiger partial charge on any atom is -0.368 e. The minimum atomic E-state index is 0.0453. The van der Waals surface area contributed by atoms with Crippen molar-refractivity contribution in [1.82, 2.24) is 29.3 Å². The molecule has 1 atom stereocenters. The lowest BCUT2D eigenvalue weighted by Crippen LogP contribution is -2.51. The molecule has 3 fully saturated rings. The number of carbonyl (C=O) groups is 4. The molecule has 0 aliphatic carbocycles. The van der Waals surface area contributed by atoms with Crippen molar-refractivity contribution in [3.8, 4) is 28.3 Å². The molecule has 13 nitrogen and oxygen atoms in total. The van der Waals surface area contributed by atoms with Gasteiger partial charge in [-0.25, -0.2) is 9.50 Å². The van der Waals surface area contributed by atoms with Crippen molar-refractivity contribution in [2.45, 2.75) is 93.9 Å². The van der Waals surface area contributed by atoms with Gasteiger partial charge < -0.3 is 24.4 Å². The summed E-state index contributed by atoms with van der Waals surface area (Å²) in [5.41, 5.74) is 8.94. The molecule has 3 aromatic heterocycles. The lowest BCUT2D eigenvalue weighted by atomic mass is 9.89. The number of fused-ring (bicyclic) bond motifs is 1. The van der Waals surface area contributed by atoms with Crippen molar-refractivity contribution < 1.29 is 19.2 Å². The average molecular weight is 924 g/mol. The summed E-state index contributed by atoms with van der Waals surface area (Å²) in [5, 5.41) is 14.4. The first kappa shape index (κ1) is 52.6. The number of hydrogen-bond acceptors (Lipinski definition) is 10. The topological polar surface area (TPSA) is 138 Å². The van der Waals surface area contributed by atoms with E-state index in [1.807, 2.05) is 62.9 Å². The van der Waals surface area contributed by atoms with E-state index in [4.69, 9.17) is 4.98 Å². The van der Waals surface area contributed by atoms with Gasteiger partial charge in [-0.1, -0.05) is 76.6 Å². The third-order valence-electron chi connectivity index (χ3n) is 13.2. The van der Waals surface area contributed by atoms with Crippen LogP contribution in [0.1, 0.15) is 104 Å². The molecule has 6 heterocycles. The third kappa shape index (κ3) is 13.8. The second-order valence-corrected chi connectivity index (χ2v) is 17.6. The van der Waals surface area contributed by atoms with E-state index >= 15 is 0 Å². The van der Waals surface area contributed by atoms with E-state index in [1.54, 1.807) is 31.5 Å². The van der Waals surface area contributed by atoms with Gasteiger partial charge in [-0.2, -0.15) is 10.4 Å². The summed E-state index contributed by atoms with van der Waals surface area (Å²) in [4.78, 5) is 61.7. The van der Waals surface area contributed by atoms with Gasteiger partial charge in [0.2, 0.25) is 11.8 Å². The summed E-state index contributed by atoms with van der Waals surface area (Å²) in [6.07, 6.45) is 8.88. The van der Waals surface area contributed by atoms with Crippen molar-refractivity contribution in [1.29, 1.82) is 5.26 Å². The molecule has 1 unspecified atom stereocenters. The van der Waals surface area contributed by atoms with Gasteiger partial charge in [-0.05, 0) is 100 Å². The molecular weight excluding hydrogens is 851 g/mol. The molecule has 3 saturated heterocycles. The first-order valence-electron chi connectivity index (χ1n) is 24.7. The number of nitriles is 1. The predicted octanol–water partition coefficient (Wildman–Crippen LogP) is 9.07. The number of rotatable bonds is 11. The molecule has 2 amide bonds. The quantitative estimate of drug-likeness (QED) is 0.126. The normalized spacial score (nSPS) is 15.7. The number of aromatic nitrogens is 3. The summed E-state index contributed by atoms with van der Waals surface area (Å²) >= 11 is 0. The van der Waals surface area contributed by atoms with Crippen molar-refractivity contribution in [2.75, 3.05) is 81.8 Å². The maximum Gasteiger partial charge on any atom is 0.236 e. The zero-order chi connectivity index (χ0) is 49.3. The zero-order valence-electron chi connectivity index (χ0n) is 42.0. The summed E-state index contributed by atoms with van der Waals surface area (Å²) in [5.74, 6) is 2.17. The van der Waals surface area contributed by atoms with Gasteiger partial charge in [0.05, 0.1) is 23.8 Å². The number of pyridine rings is 2. The van der Waals surface area contributed by atoms with Crippen LogP contribution in [0.4, 0.5) is 11.5 Å². The second-order valence-electron chi connectivity index (χ2n) is 17.6. The fourth-order valence-corrected chi connectivity index (χ4v) is 8.82. The van der Waals surface area contributed by atoms with Gasteiger partial charge in [0, 0.05) is 106 Å².